The van der Waals surface area contributed by atoms with Crippen molar-refractivity contribution in [3.8, 4) is 5.69 Å². The molecule has 0 aliphatic rings. The SMILES string of the molecule is Cc1c(NC(=O)C(C)OC(=O)C(C)C)c(=O)n(-c2ccccc2)n1C. The maximum Gasteiger partial charge on any atom is 0.309 e. The van der Waals surface area contributed by atoms with Crippen LogP contribution in [0.2, 0.25) is 0 Å². The number of carbonyl (C=O) groups is 2. The van der Waals surface area contributed by atoms with Gasteiger partial charge in [0, 0.05) is 7.05 Å². The van der Waals surface area contributed by atoms with E-state index < -0.39 is 18.0 Å². The lowest BCUT2D eigenvalue weighted by atomic mass is 10.2. The molecule has 25 heavy (non-hydrogen) atoms. The van der Waals surface area contributed by atoms with Crippen molar-refractivity contribution >= 4 is 17.6 Å². The Labute approximate surface area is 146 Å². The van der Waals surface area contributed by atoms with Crippen molar-refractivity contribution in [1.82, 2.24) is 9.36 Å². The highest BCUT2D eigenvalue weighted by atomic mass is 16.5. The predicted molar refractivity (Wildman–Crippen MR) is 94.8 cm³/mol. The van der Waals surface area contributed by atoms with Crippen LogP contribution >= 0.6 is 0 Å². The molecule has 1 aromatic heterocycles. The van der Waals surface area contributed by atoms with Crippen LogP contribution in [0.3, 0.4) is 0 Å². The Morgan fingerprint density at radius 3 is 2.28 bits per heavy atom. The van der Waals surface area contributed by atoms with Gasteiger partial charge in [-0.15, -0.1) is 0 Å². The maximum absolute atomic E-state index is 12.7. The van der Waals surface area contributed by atoms with Gasteiger partial charge in [-0.3, -0.25) is 19.1 Å². The second-order valence-electron chi connectivity index (χ2n) is 6.16. The van der Waals surface area contributed by atoms with E-state index in [1.54, 1.807) is 44.6 Å². The number of esters is 1. The van der Waals surface area contributed by atoms with Crippen molar-refractivity contribution in [2.75, 3.05) is 5.32 Å². The molecule has 0 fully saturated rings. The summed E-state index contributed by atoms with van der Waals surface area (Å²) in [6, 6.07) is 9.13. The molecule has 1 heterocycles. The molecule has 1 aromatic carbocycles. The zero-order valence-corrected chi connectivity index (χ0v) is 15.1. The van der Waals surface area contributed by atoms with Crippen LogP contribution in [0.4, 0.5) is 5.69 Å². The maximum atomic E-state index is 12.7. The van der Waals surface area contributed by atoms with Gasteiger partial charge in [0.1, 0.15) is 5.69 Å². The number of amides is 1. The molecule has 7 nitrogen and oxygen atoms in total. The first-order valence-electron chi connectivity index (χ1n) is 8.09. The Morgan fingerprint density at radius 1 is 1.12 bits per heavy atom. The second-order valence-corrected chi connectivity index (χ2v) is 6.16. The molecule has 1 N–H and O–H groups in total. The Kier molecular flexibility index (Phi) is 5.46. The van der Waals surface area contributed by atoms with E-state index in [0.717, 1.165) is 0 Å². The zero-order valence-electron chi connectivity index (χ0n) is 15.1. The van der Waals surface area contributed by atoms with E-state index >= 15 is 0 Å². The van der Waals surface area contributed by atoms with E-state index in [-0.39, 0.29) is 17.2 Å². The van der Waals surface area contributed by atoms with Crippen LogP contribution in [0.5, 0.6) is 0 Å². The summed E-state index contributed by atoms with van der Waals surface area (Å²) in [4.78, 5) is 36.6. The van der Waals surface area contributed by atoms with Gasteiger partial charge in [-0.2, -0.15) is 0 Å². The average Bonchev–Trinajstić information content (AvgIpc) is 2.78. The van der Waals surface area contributed by atoms with Gasteiger partial charge < -0.3 is 10.1 Å². The summed E-state index contributed by atoms with van der Waals surface area (Å²) in [5.74, 6) is -1.34. The number of aromatic nitrogens is 2. The summed E-state index contributed by atoms with van der Waals surface area (Å²) in [6.07, 6.45) is -0.987. The highest BCUT2D eigenvalue weighted by Crippen LogP contribution is 2.14. The number of nitrogens with one attached hydrogen (secondary N) is 1. The quantitative estimate of drug-likeness (QED) is 0.841. The number of rotatable bonds is 5. The van der Waals surface area contributed by atoms with E-state index in [9.17, 15) is 14.4 Å². The smallest absolute Gasteiger partial charge is 0.309 e. The zero-order chi connectivity index (χ0) is 18.7. The van der Waals surface area contributed by atoms with Gasteiger partial charge in [0.05, 0.1) is 17.3 Å². The van der Waals surface area contributed by atoms with Crippen LogP contribution in [-0.2, 0) is 21.4 Å². The Hall–Kier alpha value is -2.83. The van der Waals surface area contributed by atoms with E-state index in [0.29, 0.717) is 11.4 Å². The molecule has 1 unspecified atom stereocenters. The number of para-hydroxylation sites is 1. The Bertz CT molecular complexity index is 834. The van der Waals surface area contributed by atoms with Crippen LogP contribution in [0, 0.1) is 12.8 Å². The van der Waals surface area contributed by atoms with E-state index in [2.05, 4.69) is 5.32 Å². The highest BCUT2D eigenvalue weighted by molar-refractivity contribution is 5.95. The summed E-state index contributed by atoms with van der Waals surface area (Å²) in [6.45, 7) is 6.59. The molecular weight excluding hydrogens is 322 g/mol. The third-order valence-corrected chi connectivity index (χ3v) is 3.94. The third-order valence-electron chi connectivity index (χ3n) is 3.94. The minimum absolute atomic E-state index is 0.170. The van der Waals surface area contributed by atoms with Crippen LogP contribution in [0.1, 0.15) is 26.5 Å². The minimum atomic E-state index is -0.987. The van der Waals surface area contributed by atoms with Crippen molar-refractivity contribution in [3.05, 3.63) is 46.4 Å². The molecule has 0 bridgehead atoms. The number of carbonyl (C=O) groups excluding carboxylic acids is 2. The van der Waals surface area contributed by atoms with Gasteiger partial charge in [0.25, 0.3) is 11.5 Å². The molecule has 2 aromatic rings. The number of benzene rings is 1. The fourth-order valence-electron chi connectivity index (χ4n) is 2.30. The van der Waals surface area contributed by atoms with Crippen LogP contribution in [0.15, 0.2) is 35.1 Å². The van der Waals surface area contributed by atoms with E-state index in [1.807, 2.05) is 18.2 Å². The standard InChI is InChI=1S/C18H23N3O4/c1-11(2)18(24)25-13(4)16(22)19-15-12(3)20(5)21(17(15)23)14-9-7-6-8-10-14/h6-11,13H,1-5H3,(H,19,22). The van der Waals surface area contributed by atoms with Crippen molar-refractivity contribution in [2.45, 2.75) is 33.8 Å². The summed E-state index contributed by atoms with van der Waals surface area (Å²) in [5, 5.41) is 2.58. The first-order chi connectivity index (χ1) is 11.7. The molecule has 0 radical (unpaired) electrons. The molecule has 134 valence electrons. The van der Waals surface area contributed by atoms with Gasteiger partial charge in [-0.05, 0) is 26.0 Å². The number of hydrogen-bond donors (Lipinski definition) is 1. The molecule has 1 amide bonds. The molecule has 0 saturated carbocycles. The fraction of sp³-hybridized carbons (Fsp3) is 0.389. The molecule has 2 rings (SSSR count). The topological polar surface area (TPSA) is 82.3 Å². The first-order valence-corrected chi connectivity index (χ1v) is 8.09. The van der Waals surface area contributed by atoms with Gasteiger partial charge in [-0.25, -0.2) is 4.68 Å². The molecule has 7 heteroatoms. The molecule has 0 saturated heterocycles. The molecule has 0 aliphatic carbocycles. The van der Waals surface area contributed by atoms with Crippen molar-refractivity contribution in [2.24, 2.45) is 13.0 Å². The number of ether oxygens (including phenoxy) is 1. The number of nitrogens with zero attached hydrogens (tertiary/aromatic N) is 2. The molecule has 0 spiro atoms. The minimum Gasteiger partial charge on any atom is -0.452 e. The summed E-state index contributed by atoms with van der Waals surface area (Å²) in [5.41, 5.74) is 1.12. The summed E-state index contributed by atoms with van der Waals surface area (Å²) < 4.78 is 8.21. The highest BCUT2D eigenvalue weighted by Gasteiger charge is 2.23. The number of anilines is 1. The van der Waals surface area contributed by atoms with Gasteiger partial charge >= 0.3 is 5.97 Å². The average molecular weight is 345 g/mol. The van der Waals surface area contributed by atoms with E-state index in [1.165, 1.54) is 11.6 Å². The molecular formula is C18H23N3O4. The van der Waals surface area contributed by atoms with Crippen LogP contribution < -0.4 is 10.9 Å². The van der Waals surface area contributed by atoms with Gasteiger partial charge in [0.15, 0.2) is 6.10 Å². The molecule has 0 aliphatic heterocycles. The fourth-order valence-corrected chi connectivity index (χ4v) is 2.30. The van der Waals surface area contributed by atoms with Gasteiger partial charge in [0.2, 0.25) is 0 Å². The van der Waals surface area contributed by atoms with Gasteiger partial charge in [-0.1, -0.05) is 32.0 Å². The normalized spacial score (nSPS) is 12.1. The Balaban J connectivity index is 2.28. The summed E-state index contributed by atoms with van der Waals surface area (Å²) in [7, 11) is 1.74. The van der Waals surface area contributed by atoms with Crippen LogP contribution in [0.25, 0.3) is 5.69 Å². The first kappa shape index (κ1) is 18.5. The Morgan fingerprint density at radius 2 is 1.72 bits per heavy atom. The monoisotopic (exact) mass is 345 g/mol. The number of hydrogen-bond acceptors (Lipinski definition) is 4. The van der Waals surface area contributed by atoms with E-state index in [4.69, 9.17) is 4.74 Å². The lowest BCUT2D eigenvalue weighted by molar-refractivity contribution is -0.156. The lowest BCUT2D eigenvalue weighted by Gasteiger charge is -2.14. The van der Waals surface area contributed by atoms with Crippen molar-refractivity contribution in [1.29, 1.82) is 0 Å². The van der Waals surface area contributed by atoms with Crippen molar-refractivity contribution in [3.63, 3.8) is 0 Å². The summed E-state index contributed by atoms with van der Waals surface area (Å²) >= 11 is 0. The van der Waals surface area contributed by atoms with Crippen molar-refractivity contribution < 1.29 is 14.3 Å². The predicted octanol–water partition coefficient (Wildman–Crippen LogP) is 2.01. The second kappa shape index (κ2) is 7.38. The largest absolute Gasteiger partial charge is 0.452 e. The lowest BCUT2D eigenvalue weighted by Crippen LogP contribution is -2.33. The van der Waals surface area contributed by atoms with Crippen LogP contribution in [-0.4, -0.2) is 27.3 Å². The third kappa shape index (κ3) is 3.81. The molecule has 1 atom stereocenters.